The summed E-state index contributed by atoms with van der Waals surface area (Å²) in [5, 5.41) is 1.66. The Morgan fingerprint density at radius 1 is 0.933 bits per heavy atom. The lowest BCUT2D eigenvalue weighted by Crippen LogP contribution is -2.37. The van der Waals surface area contributed by atoms with E-state index in [1.807, 2.05) is 43.3 Å². The van der Waals surface area contributed by atoms with Gasteiger partial charge in [-0.1, -0.05) is 18.2 Å². The molecule has 2 fully saturated rings. The van der Waals surface area contributed by atoms with E-state index >= 15 is 0 Å². The number of fused-ring (bicyclic) bond motifs is 1. The molecule has 5 rings (SSSR count). The van der Waals surface area contributed by atoms with E-state index < -0.39 is 29.8 Å². The van der Waals surface area contributed by atoms with Crippen LogP contribution in [0.4, 0.5) is 15.8 Å². The van der Waals surface area contributed by atoms with Crippen molar-refractivity contribution >= 4 is 23.2 Å². The number of pyridine rings is 1. The van der Waals surface area contributed by atoms with Gasteiger partial charge < -0.3 is 0 Å². The molecule has 2 aromatic carbocycles. The van der Waals surface area contributed by atoms with Gasteiger partial charge in [0, 0.05) is 12.4 Å². The van der Waals surface area contributed by atoms with Crippen LogP contribution in [0.5, 0.6) is 0 Å². The lowest BCUT2D eigenvalue weighted by atomic mass is 9.91. The zero-order valence-electron chi connectivity index (χ0n) is 16.1. The van der Waals surface area contributed by atoms with E-state index in [0.29, 0.717) is 5.69 Å². The van der Waals surface area contributed by atoms with Gasteiger partial charge in [-0.05, 0) is 60.5 Å². The second kappa shape index (κ2) is 7.03. The minimum atomic E-state index is -0.958. The second-order valence-corrected chi connectivity index (χ2v) is 7.38. The predicted octanol–water partition coefficient (Wildman–Crippen LogP) is 3.58. The normalized spacial score (nSPS) is 23.2. The summed E-state index contributed by atoms with van der Waals surface area (Å²) in [6, 6.07) is 16.1. The number of hydrogen-bond acceptors (Lipinski definition) is 5. The van der Waals surface area contributed by atoms with Crippen LogP contribution in [-0.4, -0.2) is 22.9 Å². The van der Waals surface area contributed by atoms with Crippen LogP contribution < -0.4 is 9.96 Å². The molecule has 30 heavy (non-hydrogen) atoms. The molecule has 3 heterocycles. The SMILES string of the molecule is Cc1ccccc1N1O[C@@H]2C(=O)N(c3ccc(F)cc3)C(=O)[C@@H]2[C@H]1c1ccncc1. The Morgan fingerprint density at radius 2 is 1.63 bits per heavy atom. The Bertz CT molecular complexity index is 1120. The molecule has 3 aromatic rings. The average Bonchev–Trinajstić information content (AvgIpc) is 3.26. The number of carbonyl (C=O) groups excluding carboxylic acids is 2. The number of aryl methyl sites for hydroxylation is 1. The van der Waals surface area contributed by atoms with E-state index in [0.717, 1.165) is 21.7 Å². The van der Waals surface area contributed by atoms with E-state index in [2.05, 4.69) is 4.98 Å². The number of para-hydroxylation sites is 1. The summed E-state index contributed by atoms with van der Waals surface area (Å²) in [5.74, 6) is -1.99. The van der Waals surface area contributed by atoms with E-state index in [9.17, 15) is 14.0 Å². The molecule has 0 saturated carbocycles. The van der Waals surface area contributed by atoms with Gasteiger partial charge in [-0.25, -0.2) is 14.4 Å². The van der Waals surface area contributed by atoms with Gasteiger partial charge in [-0.15, -0.1) is 0 Å². The zero-order valence-corrected chi connectivity index (χ0v) is 16.1. The van der Waals surface area contributed by atoms with Crippen LogP contribution in [0.15, 0.2) is 73.1 Å². The van der Waals surface area contributed by atoms with Crippen LogP contribution in [-0.2, 0) is 14.4 Å². The van der Waals surface area contributed by atoms with Crippen molar-refractivity contribution in [3.63, 3.8) is 0 Å². The number of amides is 2. The highest BCUT2D eigenvalue weighted by molar-refractivity contribution is 6.23. The third kappa shape index (κ3) is 2.78. The van der Waals surface area contributed by atoms with Crippen LogP contribution in [0.25, 0.3) is 0 Å². The molecule has 0 N–H and O–H groups in total. The Labute approximate surface area is 172 Å². The number of imide groups is 1. The summed E-state index contributed by atoms with van der Waals surface area (Å²) in [4.78, 5) is 37.9. The molecule has 0 bridgehead atoms. The van der Waals surface area contributed by atoms with Gasteiger partial charge in [-0.2, -0.15) is 0 Å². The highest BCUT2D eigenvalue weighted by Crippen LogP contribution is 2.48. The van der Waals surface area contributed by atoms with Gasteiger partial charge in [0.05, 0.1) is 17.4 Å². The fraction of sp³-hybridized carbons (Fsp3) is 0.174. The smallest absolute Gasteiger partial charge is 0.266 e. The van der Waals surface area contributed by atoms with Crippen molar-refractivity contribution in [2.75, 3.05) is 9.96 Å². The van der Waals surface area contributed by atoms with Gasteiger partial charge in [0.25, 0.3) is 5.91 Å². The minimum Gasteiger partial charge on any atom is -0.273 e. The van der Waals surface area contributed by atoms with Crippen molar-refractivity contribution in [3.05, 3.63) is 90.0 Å². The third-order valence-electron chi connectivity index (χ3n) is 5.60. The first-order valence-electron chi connectivity index (χ1n) is 9.61. The number of halogens is 1. The summed E-state index contributed by atoms with van der Waals surface area (Å²) < 4.78 is 13.3. The molecular formula is C23H18FN3O3. The summed E-state index contributed by atoms with van der Waals surface area (Å²) in [6.45, 7) is 1.95. The summed E-state index contributed by atoms with van der Waals surface area (Å²) in [5.41, 5.74) is 2.91. The van der Waals surface area contributed by atoms with Gasteiger partial charge in [0.15, 0.2) is 6.10 Å². The van der Waals surface area contributed by atoms with Crippen molar-refractivity contribution in [1.29, 1.82) is 0 Å². The minimum absolute atomic E-state index is 0.334. The number of rotatable bonds is 3. The van der Waals surface area contributed by atoms with Gasteiger partial charge in [0.2, 0.25) is 5.91 Å². The molecule has 2 amide bonds. The van der Waals surface area contributed by atoms with Gasteiger partial charge in [-0.3, -0.25) is 19.4 Å². The Kier molecular flexibility index (Phi) is 4.33. The summed E-state index contributed by atoms with van der Waals surface area (Å²) >= 11 is 0. The fourth-order valence-electron chi connectivity index (χ4n) is 4.18. The molecule has 2 aliphatic heterocycles. The standard InChI is InChI=1S/C23H18FN3O3/c1-14-4-2-3-5-18(14)27-20(15-10-12-25-13-11-15)19-21(30-27)23(29)26(22(19)28)17-8-6-16(24)7-9-17/h2-13,19-21H,1H3/t19-,20-,21+/m1/s1. The maximum Gasteiger partial charge on any atom is 0.266 e. The first kappa shape index (κ1) is 18.4. The van der Waals surface area contributed by atoms with Crippen LogP contribution in [0, 0.1) is 18.7 Å². The summed E-state index contributed by atoms with van der Waals surface area (Å²) in [7, 11) is 0. The molecule has 150 valence electrons. The molecule has 6 nitrogen and oxygen atoms in total. The number of nitrogens with zero attached hydrogens (tertiary/aromatic N) is 3. The van der Waals surface area contributed by atoms with E-state index in [-0.39, 0.29) is 5.91 Å². The van der Waals surface area contributed by atoms with Crippen LogP contribution >= 0.6 is 0 Å². The number of hydroxylamine groups is 1. The second-order valence-electron chi connectivity index (χ2n) is 7.38. The first-order valence-corrected chi connectivity index (χ1v) is 9.61. The Hall–Kier alpha value is -3.58. The Morgan fingerprint density at radius 3 is 2.33 bits per heavy atom. The molecule has 3 atom stereocenters. The summed E-state index contributed by atoms with van der Waals surface area (Å²) in [6.07, 6.45) is 2.34. The molecule has 2 saturated heterocycles. The van der Waals surface area contributed by atoms with E-state index in [1.54, 1.807) is 17.5 Å². The van der Waals surface area contributed by atoms with Crippen LogP contribution in [0.1, 0.15) is 17.2 Å². The maximum absolute atomic E-state index is 13.4. The largest absolute Gasteiger partial charge is 0.273 e. The lowest BCUT2D eigenvalue weighted by molar-refractivity contribution is -0.126. The van der Waals surface area contributed by atoms with E-state index in [1.165, 1.54) is 24.3 Å². The maximum atomic E-state index is 13.4. The zero-order chi connectivity index (χ0) is 20.8. The van der Waals surface area contributed by atoms with E-state index in [4.69, 9.17) is 4.84 Å². The molecule has 0 radical (unpaired) electrons. The Balaban J connectivity index is 1.59. The highest BCUT2D eigenvalue weighted by Gasteiger charge is 2.60. The number of carbonyl (C=O) groups is 2. The van der Waals surface area contributed by atoms with Gasteiger partial charge in [0.1, 0.15) is 11.7 Å². The molecule has 0 unspecified atom stereocenters. The topological polar surface area (TPSA) is 62.7 Å². The molecule has 0 spiro atoms. The first-order chi connectivity index (χ1) is 14.6. The third-order valence-corrected chi connectivity index (χ3v) is 5.60. The quantitative estimate of drug-likeness (QED) is 0.626. The molecular weight excluding hydrogens is 385 g/mol. The molecule has 1 aromatic heterocycles. The lowest BCUT2D eigenvalue weighted by Gasteiger charge is -2.29. The average molecular weight is 403 g/mol. The number of hydrogen-bond donors (Lipinski definition) is 0. The molecule has 7 heteroatoms. The van der Waals surface area contributed by atoms with Crippen molar-refractivity contribution in [2.24, 2.45) is 5.92 Å². The van der Waals surface area contributed by atoms with Crippen molar-refractivity contribution in [1.82, 2.24) is 4.98 Å². The highest BCUT2D eigenvalue weighted by atomic mass is 19.1. The predicted molar refractivity (Wildman–Crippen MR) is 108 cm³/mol. The molecule has 0 aliphatic carbocycles. The van der Waals surface area contributed by atoms with Crippen molar-refractivity contribution < 1.29 is 18.8 Å². The number of aromatic nitrogens is 1. The van der Waals surface area contributed by atoms with Crippen LogP contribution in [0.2, 0.25) is 0 Å². The van der Waals surface area contributed by atoms with Crippen molar-refractivity contribution in [3.8, 4) is 0 Å². The fourth-order valence-corrected chi connectivity index (χ4v) is 4.18. The van der Waals surface area contributed by atoms with Gasteiger partial charge >= 0.3 is 0 Å². The van der Waals surface area contributed by atoms with Crippen LogP contribution in [0.3, 0.4) is 0 Å². The monoisotopic (exact) mass is 403 g/mol. The number of benzene rings is 2. The molecule has 2 aliphatic rings. The van der Waals surface area contributed by atoms with Crippen molar-refractivity contribution in [2.45, 2.75) is 19.1 Å². The number of anilines is 2.